The summed E-state index contributed by atoms with van der Waals surface area (Å²) in [6, 6.07) is 0. The predicted octanol–water partition coefficient (Wildman–Crippen LogP) is 2.63. The molecule has 84 valence electrons. The lowest BCUT2D eigenvalue weighted by Crippen LogP contribution is -2.15. The van der Waals surface area contributed by atoms with E-state index in [1.165, 1.54) is 0 Å². The molecular formula is C11H17BrN2O. The van der Waals surface area contributed by atoms with Crippen LogP contribution in [0.15, 0.2) is 21.7 Å². The Hall–Kier alpha value is -0.770. The molecule has 0 aromatic carbocycles. The molecule has 0 spiro atoms. The van der Waals surface area contributed by atoms with Crippen LogP contribution in [0.3, 0.4) is 0 Å². The number of rotatable bonds is 2. The van der Waals surface area contributed by atoms with Gasteiger partial charge in [0.25, 0.3) is 0 Å². The number of nitrogen functional groups attached to an aromatic ring is 1. The molecule has 0 aliphatic rings. The number of hydrogen-bond acceptors (Lipinski definition) is 2. The molecule has 0 saturated carbocycles. The van der Waals surface area contributed by atoms with Gasteiger partial charge in [0.15, 0.2) is 0 Å². The van der Waals surface area contributed by atoms with E-state index in [-0.39, 0.29) is 10.8 Å². The molecule has 0 fully saturated rings. The first-order valence-corrected chi connectivity index (χ1v) is 5.74. The summed E-state index contributed by atoms with van der Waals surface area (Å²) in [4.78, 5) is 11.3. The molecule has 0 bridgehead atoms. The first kappa shape index (κ1) is 12.3. The van der Waals surface area contributed by atoms with Crippen LogP contribution in [0.25, 0.3) is 0 Å². The molecular weight excluding hydrogens is 256 g/mol. The van der Waals surface area contributed by atoms with E-state index in [1.807, 2.05) is 4.57 Å². The van der Waals surface area contributed by atoms with Crippen molar-refractivity contribution in [2.75, 3.05) is 5.73 Å². The zero-order valence-electron chi connectivity index (χ0n) is 9.38. The van der Waals surface area contributed by atoms with Crippen molar-refractivity contribution in [1.29, 1.82) is 0 Å². The fourth-order valence-corrected chi connectivity index (χ4v) is 1.70. The van der Waals surface area contributed by atoms with Crippen molar-refractivity contribution in [1.82, 2.24) is 4.57 Å². The van der Waals surface area contributed by atoms with Gasteiger partial charge in [-0.15, -0.1) is 0 Å². The van der Waals surface area contributed by atoms with Gasteiger partial charge in [-0.25, -0.2) is 0 Å². The lowest BCUT2D eigenvalue weighted by Gasteiger charge is -2.19. The number of pyridine rings is 1. The molecule has 3 nitrogen and oxygen atoms in total. The summed E-state index contributed by atoms with van der Waals surface area (Å²) >= 11 is 3.20. The van der Waals surface area contributed by atoms with E-state index in [2.05, 4.69) is 36.7 Å². The van der Waals surface area contributed by atoms with Gasteiger partial charge in [0.2, 0.25) is 5.43 Å². The van der Waals surface area contributed by atoms with Crippen molar-refractivity contribution in [3.63, 3.8) is 0 Å². The van der Waals surface area contributed by atoms with Crippen LogP contribution in [0.2, 0.25) is 0 Å². The Morgan fingerprint density at radius 1 is 1.40 bits per heavy atom. The minimum absolute atomic E-state index is 0.137. The number of hydrogen-bond donors (Lipinski definition) is 1. The lowest BCUT2D eigenvalue weighted by atomic mass is 9.92. The van der Waals surface area contributed by atoms with Crippen LogP contribution < -0.4 is 11.2 Å². The van der Waals surface area contributed by atoms with Crippen molar-refractivity contribution in [3.8, 4) is 0 Å². The standard InChI is InChI=1S/C11H17BrN2O/c1-11(2,3)4-5-14-6-8(12)10(15)9(13)7-14/h6-7H,4-5,13H2,1-3H3. The Bertz CT molecular complexity index is 378. The first-order chi connectivity index (χ1) is 6.79. The van der Waals surface area contributed by atoms with Gasteiger partial charge in [0.1, 0.15) is 0 Å². The molecule has 0 saturated heterocycles. The van der Waals surface area contributed by atoms with E-state index in [4.69, 9.17) is 5.73 Å². The second kappa shape index (κ2) is 4.39. The zero-order valence-corrected chi connectivity index (χ0v) is 11.0. The molecule has 0 atom stereocenters. The van der Waals surface area contributed by atoms with E-state index < -0.39 is 0 Å². The van der Waals surface area contributed by atoms with Gasteiger partial charge in [0, 0.05) is 18.9 Å². The van der Waals surface area contributed by atoms with Crippen molar-refractivity contribution in [3.05, 3.63) is 27.1 Å². The van der Waals surface area contributed by atoms with E-state index in [0.717, 1.165) is 13.0 Å². The fourth-order valence-electron chi connectivity index (χ4n) is 1.21. The summed E-state index contributed by atoms with van der Waals surface area (Å²) in [6.45, 7) is 7.43. The monoisotopic (exact) mass is 272 g/mol. The van der Waals surface area contributed by atoms with Gasteiger partial charge >= 0.3 is 0 Å². The maximum Gasteiger partial charge on any atom is 0.218 e. The fraction of sp³-hybridized carbons (Fsp3) is 0.545. The zero-order chi connectivity index (χ0) is 11.6. The Morgan fingerprint density at radius 3 is 2.47 bits per heavy atom. The average molecular weight is 273 g/mol. The summed E-state index contributed by atoms with van der Waals surface area (Å²) in [5.74, 6) is 0. The minimum Gasteiger partial charge on any atom is -0.394 e. The lowest BCUT2D eigenvalue weighted by molar-refractivity contribution is 0.350. The third-order valence-electron chi connectivity index (χ3n) is 2.18. The molecule has 1 aromatic heterocycles. The summed E-state index contributed by atoms with van der Waals surface area (Å²) in [5.41, 5.74) is 6.03. The third-order valence-corrected chi connectivity index (χ3v) is 2.75. The summed E-state index contributed by atoms with van der Waals surface area (Å²) in [7, 11) is 0. The molecule has 1 aromatic rings. The highest BCUT2D eigenvalue weighted by Crippen LogP contribution is 2.19. The van der Waals surface area contributed by atoms with E-state index >= 15 is 0 Å². The van der Waals surface area contributed by atoms with Crippen LogP contribution in [0.4, 0.5) is 5.69 Å². The quantitative estimate of drug-likeness (QED) is 0.900. The normalized spacial score (nSPS) is 11.7. The minimum atomic E-state index is -0.137. The second-order valence-corrected chi connectivity index (χ2v) is 5.79. The van der Waals surface area contributed by atoms with Gasteiger partial charge in [-0.3, -0.25) is 4.79 Å². The topological polar surface area (TPSA) is 48.0 Å². The molecule has 0 unspecified atom stereocenters. The van der Waals surface area contributed by atoms with Gasteiger partial charge in [0.05, 0.1) is 10.2 Å². The van der Waals surface area contributed by atoms with E-state index in [0.29, 0.717) is 10.2 Å². The summed E-state index contributed by atoms with van der Waals surface area (Å²) in [5, 5.41) is 0. The molecule has 4 heteroatoms. The van der Waals surface area contributed by atoms with Crippen LogP contribution in [0.1, 0.15) is 27.2 Å². The number of aryl methyl sites for hydroxylation is 1. The van der Waals surface area contributed by atoms with Crippen LogP contribution >= 0.6 is 15.9 Å². The summed E-state index contributed by atoms with van der Waals surface area (Å²) < 4.78 is 2.47. The highest BCUT2D eigenvalue weighted by atomic mass is 79.9. The van der Waals surface area contributed by atoms with Gasteiger partial charge < -0.3 is 10.3 Å². The number of anilines is 1. The smallest absolute Gasteiger partial charge is 0.218 e. The average Bonchev–Trinajstić information content (AvgIpc) is 2.09. The molecule has 1 rings (SSSR count). The van der Waals surface area contributed by atoms with Crippen molar-refractivity contribution < 1.29 is 0 Å². The van der Waals surface area contributed by atoms with Crippen LogP contribution in [0, 0.1) is 5.41 Å². The highest BCUT2D eigenvalue weighted by Gasteiger charge is 2.10. The first-order valence-electron chi connectivity index (χ1n) is 4.95. The second-order valence-electron chi connectivity index (χ2n) is 4.94. The van der Waals surface area contributed by atoms with Crippen LogP contribution in [-0.4, -0.2) is 4.57 Å². The number of halogens is 1. The number of nitrogens with zero attached hydrogens (tertiary/aromatic N) is 1. The molecule has 0 aliphatic carbocycles. The molecule has 0 amide bonds. The highest BCUT2D eigenvalue weighted by molar-refractivity contribution is 9.10. The third kappa shape index (κ3) is 3.70. The van der Waals surface area contributed by atoms with Crippen LogP contribution in [-0.2, 0) is 6.54 Å². The van der Waals surface area contributed by atoms with Gasteiger partial charge in [-0.05, 0) is 27.8 Å². The predicted molar refractivity (Wildman–Crippen MR) is 66.9 cm³/mol. The summed E-state index contributed by atoms with van der Waals surface area (Å²) in [6.07, 6.45) is 4.52. The number of nitrogens with two attached hydrogens (primary N) is 1. The molecule has 2 N–H and O–H groups in total. The Kier molecular flexibility index (Phi) is 3.60. The maximum atomic E-state index is 11.3. The van der Waals surface area contributed by atoms with Crippen molar-refractivity contribution in [2.24, 2.45) is 5.41 Å². The molecule has 0 aliphatic heterocycles. The van der Waals surface area contributed by atoms with Crippen LogP contribution in [0.5, 0.6) is 0 Å². The largest absolute Gasteiger partial charge is 0.394 e. The Morgan fingerprint density at radius 2 is 2.00 bits per heavy atom. The van der Waals surface area contributed by atoms with Gasteiger partial charge in [-0.1, -0.05) is 20.8 Å². The Labute approximate surface area is 98.4 Å². The molecule has 0 radical (unpaired) electrons. The van der Waals surface area contributed by atoms with E-state index in [1.54, 1.807) is 12.4 Å². The van der Waals surface area contributed by atoms with E-state index in [9.17, 15) is 4.79 Å². The van der Waals surface area contributed by atoms with Crippen molar-refractivity contribution >= 4 is 21.6 Å². The molecule has 15 heavy (non-hydrogen) atoms. The maximum absolute atomic E-state index is 11.3. The SMILES string of the molecule is CC(C)(C)CCn1cc(N)c(=O)c(Br)c1. The number of aromatic nitrogens is 1. The van der Waals surface area contributed by atoms with Gasteiger partial charge in [-0.2, -0.15) is 0 Å². The Balaban J connectivity index is 2.84. The molecule has 1 heterocycles. The van der Waals surface area contributed by atoms with Crippen molar-refractivity contribution in [2.45, 2.75) is 33.7 Å².